The number of ether oxygens (including phenoxy) is 1. The van der Waals surface area contributed by atoms with E-state index in [1.165, 1.54) is 31.3 Å². The summed E-state index contributed by atoms with van der Waals surface area (Å²) >= 11 is 5.81. The zero-order chi connectivity index (χ0) is 12.1. The van der Waals surface area contributed by atoms with E-state index in [1.807, 2.05) is 0 Å². The Morgan fingerprint density at radius 1 is 1.38 bits per heavy atom. The van der Waals surface area contributed by atoms with Gasteiger partial charge in [0, 0.05) is 7.05 Å². The lowest BCUT2D eigenvalue weighted by Crippen LogP contribution is -2.22. The zero-order valence-corrected chi connectivity index (χ0v) is 9.17. The molecule has 0 heterocycles. The van der Waals surface area contributed by atoms with Gasteiger partial charge in [-0.05, 0) is 17.7 Å². The highest BCUT2D eigenvalue weighted by atomic mass is 35.5. The summed E-state index contributed by atoms with van der Waals surface area (Å²) in [7, 11) is 1.46. The van der Waals surface area contributed by atoms with Crippen molar-refractivity contribution in [3.05, 3.63) is 29.8 Å². The fraction of sp³-hybridized carbons (Fsp3) is 0.300. The van der Waals surface area contributed by atoms with E-state index in [1.54, 1.807) is 0 Å². The lowest BCUT2D eigenvalue weighted by atomic mass is 10.1. The molecule has 0 radical (unpaired) electrons. The van der Waals surface area contributed by atoms with Gasteiger partial charge in [0.1, 0.15) is 11.1 Å². The molecular weight excluding hydrogens is 240 g/mol. The summed E-state index contributed by atoms with van der Waals surface area (Å²) in [6, 6.07) is 5.59. The highest BCUT2D eigenvalue weighted by Crippen LogP contribution is 2.23. The molecule has 16 heavy (non-hydrogen) atoms. The van der Waals surface area contributed by atoms with Crippen LogP contribution in [0.5, 0.6) is 5.75 Å². The van der Waals surface area contributed by atoms with Gasteiger partial charge in [-0.2, -0.15) is 8.78 Å². The molecular formula is C10H10ClF2NO2. The third-order valence-electron chi connectivity index (χ3n) is 1.87. The molecule has 0 spiro atoms. The van der Waals surface area contributed by atoms with Crippen molar-refractivity contribution in [2.24, 2.45) is 0 Å². The van der Waals surface area contributed by atoms with E-state index in [9.17, 15) is 13.6 Å². The molecule has 6 heteroatoms. The van der Waals surface area contributed by atoms with E-state index in [2.05, 4.69) is 10.1 Å². The number of hydrogen-bond acceptors (Lipinski definition) is 2. The number of alkyl halides is 3. The molecule has 1 rings (SSSR count). The number of hydrogen-bond donors (Lipinski definition) is 1. The quantitative estimate of drug-likeness (QED) is 0.832. The normalized spacial score (nSPS) is 12.3. The second kappa shape index (κ2) is 5.65. The van der Waals surface area contributed by atoms with Crippen molar-refractivity contribution in [1.29, 1.82) is 0 Å². The molecule has 0 aromatic heterocycles. The predicted molar refractivity (Wildman–Crippen MR) is 55.7 cm³/mol. The van der Waals surface area contributed by atoms with Crippen molar-refractivity contribution < 1.29 is 18.3 Å². The maximum atomic E-state index is 11.9. The summed E-state index contributed by atoms with van der Waals surface area (Å²) in [4.78, 5) is 11.2. The van der Waals surface area contributed by atoms with Crippen LogP contribution in [0.15, 0.2) is 24.3 Å². The number of amides is 1. The Hall–Kier alpha value is -1.36. The van der Waals surface area contributed by atoms with E-state index < -0.39 is 12.0 Å². The SMILES string of the molecule is CNC(=O)C(Cl)c1ccc(OC(F)F)cc1. The van der Waals surface area contributed by atoms with Gasteiger partial charge in [0.25, 0.3) is 0 Å². The van der Waals surface area contributed by atoms with Crippen molar-refractivity contribution >= 4 is 17.5 Å². The number of halogens is 3. The molecule has 0 aliphatic heterocycles. The van der Waals surface area contributed by atoms with Gasteiger partial charge in [0.05, 0.1) is 0 Å². The second-order valence-corrected chi connectivity index (χ2v) is 3.36. The second-order valence-electron chi connectivity index (χ2n) is 2.92. The van der Waals surface area contributed by atoms with Crippen molar-refractivity contribution in [2.45, 2.75) is 12.0 Å². The standard InChI is InChI=1S/C10H10ClF2NO2/c1-14-9(15)8(11)6-2-4-7(5-3-6)16-10(12)13/h2-5,8,10H,1H3,(H,14,15). The van der Waals surface area contributed by atoms with Gasteiger partial charge in [0.2, 0.25) is 5.91 Å². The molecule has 88 valence electrons. The summed E-state index contributed by atoms with van der Waals surface area (Å²) in [6.07, 6.45) is 0. The van der Waals surface area contributed by atoms with E-state index in [0.717, 1.165) is 0 Å². The number of carbonyl (C=O) groups is 1. The lowest BCUT2D eigenvalue weighted by molar-refractivity contribution is -0.120. The Labute approximate surface area is 96.4 Å². The molecule has 1 N–H and O–H groups in total. The molecule has 0 saturated carbocycles. The number of rotatable bonds is 4. The topological polar surface area (TPSA) is 38.3 Å². The van der Waals surface area contributed by atoms with Crippen molar-refractivity contribution in [1.82, 2.24) is 5.32 Å². The molecule has 1 atom stereocenters. The van der Waals surface area contributed by atoms with Crippen LogP contribution in [0.1, 0.15) is 10.9 Å². The van der Waals surface area contributed by atoms with Crippen LogP contribution in [0, 0.1) is 0 Å². The number of likely N-dealkylation sites (N-methyl/N-ethyl adjacent to an activating group) is 1. The summed E-state index contributed by atoms with van der Waals surface area (Å²) < 4.78 is 27.9. The number of benzene rings is 1. The molecule has 1 unspecified atom stereocenters. The first-order valence-corrected chi connectivity index (χ1v) is 4.88. The summed E-state index contributed by atoms with van der Waals surface area (Å²) in [6.45, 7) is -2.86. The molecule has 1 aromatic carbocycles. The average molecular weight is 250 g/mol. The Morgan fingerprint density at radius 2 is 1.94 bits per heavy atom. The molecule has 3 nitrogen and oxygen atoms in total. The summed E-state index contributed by atoms with van der Waals surface area (Å²) in [5.41, 5.74) is 0.516. The minimum atomic E-state index is -2.86. The zero-order valence-electron chi connectivity index (χ0n) is 8.41. The minimum absolute atomic E-state index is 0.0273. The van der Waals surface area contributed by atoms with Gasteiger partial charge >= 0.3 is 6.61 Å². The van der Waals surface area contributed by atoms with Crippen LogP contribution in [0.3, 0.4) is 0 Å². The smallest absolute Gasteiger partial charge is 0.387 e. The molecule has 0 bridgehead atoms. The van der Waals surface area contributed by atoms with Crippen LogP contribution >= 0.6 is 11.6 Å². The first-order valence-electron chi connectivity index (χ1n) is 4.45. The Bertz CT molecular complexity index is 356. The van der Waals surface area contributed by atoms with Crippen molar-refractivity contribution in [3.8, 4) is 5.75 Å². The monoisotopic (exact) mass is 249 g/mol. The minimum Gasteiger partial charge on any atom is -0.435 e. The third kappa shape index (κ3) is 3.34. The third-order valence-corrected chi connectivity index (χ3v) is 2.32. The van der Waals surface area contributed by atoms with E-state index in [0.29, 0.717) is 5.56 Å². The first kappa shape index (κ1) is 12.7. The van der Waals surface area contributed by atoms with Gasteiger partial charge in [-0.25, -0.2) is 0 Å². The predicted octanol–water partition coefficient (Wildman–Crippen LogP) is 2.31. The van der Waals surface area contributed by atoms with Gasteiger partial charge in [0.15, 0.2) is 0 Å². The summed E-state index contributed by atoms with van der Waals surface area (Å²) in [5, 5.41) is 1.55. The van der Waals surface area contributed by atoms with E-state index >= 15 is 0 Å². The van der Waals surface area contributed by atoms with Crippen LogP contribution in [0.2, 0.25) is 0 Å². The average Bonchev–Trinajstić information content (AvgIpc) is 2.27. The van der Waals surface area contributed by atoms with E-state index in [-0.39, 0.29) is 11.7 Å². The van der Waals surface area contributed by atoms with Gasteiger partial charge in [-0.1, -0.05) is 12.1 Å². The molecule has 1 amide bonds. The van der Waals surface area contributed by atoms with Gasteiger partial charge in [-0.15, -0.1) is 11.6 Å². The lowest BCUT2D eigenvalue weighted by Gasteiger charge is -2.09. The van der Waals surface area contributed by atoms with Crippen molar-refractivity contribution in [3.63, 3.8) is 0 Å². The molecule has 0 aliphatic rings. The number of nitrogens with one attached hydrogen (secondary N) is 1. The van der Waals surface area contributed by atoms with Crippen LogP contribution in [-0.2, 0) is 4.79 Å². The fourth-order valence-corrected chi connectivity index (χ4v) is 1.35. The number of carbonyl (C=O) groups excluding carboxylic acids is 1. The Balaban J connectivity index is 2.74. The first-order chi connectivity index (χ1) is 7.54. The van der Waals surface area contributed by atoms with Crippen LogP contribution < -0.4 is 10.1 Å². The fourth-order valence-electron chi connectivity index (χ4n) is 1.10. The largest absolute Gasteiger partial charge is 0.435 e. The maximum absolute atomic E-state index is 11.9. The Morgan fingerprint density at radius 3 is 2.38 bits per heavy atom. The molecule has 0 fully saturated rings. The molecule has 1 aromatic rings. The van der Waals surface area contributed by atoms with Gasteiger partial charge < -0.3 is 10.1 Å². The summed E-state index contributed by atoms with van der Waals surface area (Å²) in [5.74, 6) is -0.330. The van der Waals surface area contributed by atoms with Gasteiger partial charge in [-0.3, -0.25) is 4.79 Å². The maximum Gasteiger partial charge on any atom is 0.387 e. The Kier molecular flexibility index (Phi) is 4.49. The van der Waals surface area contributed by atoms with Crippen LogP contribution in [0.25, 0.3) is 0 Å². The highest BCUT2D eigenvalue weighted by molar-refractivity contribution is 6.30. The van der Waals surface area contributed by atoms with Crippen molar-refractivity contribution in [2.75, 3.05) is 7.05 Å². The highest BCUT2D eigenvalue weighted by Gasteiger charge is 2.16. The molecule has 0 saturated heterocycles. The van der Waals surface area contributed by atoms with Crippen LogP contribution in [0.4, 0.5) is 8.78 Å². The molecule has 0 aliphatic carbocycles. The van der Waals surface area contributed by atoms with E-state index in [4.69, 9.17) is 11.6 Å². The van der Waals surface area contributed by atoms with Crippen LogP contribution in [-0.4, -0.2) is 19.6 Å².